The molecule has 0 spiro atoms. The van der Waals surface area contributed by atoms with Crippen LogP contribution >= 0.6 is 0 Å². The van der Waals surface area contributed by atoms with Crippen molar-refractivity contribution in [1.29, 1.82) is 0 Å². The van der Waals surface area contributed by atoms with Gasteiger partial charge in [0.25, 0.3) is 0 Å². The van der Waals surface area contributed by atoms with Crippen LogP contribution in [0.4, 0.5) is 0 Å². The molecule has 0 bridgehead atoms. The number of carbonyl (C=O) groups excluding carboxylic acids is 1. The zero-order valence-corrected chi connectivity index (χ0v) is 11.0. The summed E-state index contributed by atoms with van der Waals surface area (Å²) in [6.07, 6.45) is 2.49. The van der Waals surface area contributed by atoms with Gasteiger partial charge in [0.05, 0.1) is 6.61 Å². The second kappa shape index (κ2) is 5.21. The van der Waals surface area contributed by atoms with E-state index in [1.165, 1.54) is 11.1 Å². The van der Waals surface area contributed by atoms with Gasteiger partial charge in [-0.05, 0) is 43.0 Å². The normalized spacial score (nSPS) is 22.8. The summed E-state index contributed by atoms with van der Waals surface area (Å²) in [5.41, 5.74) is 8.00. The summed E-state index contributed by atoms with van der Waals surface area (Å²) in [4.78, 5) is 11.4. The van der Waals surface area contributed by atoms with Crippen LogP contribution in [0.25, 0.3) is 0 Å². The van der Waals surface area contributed by atoms with Gasteiger partial charge in [-0.25, -0.2) is 0 Å². The number of rotatable bonds is 4. The molecule has 0 aliphatic carbocycles. The fraction of sp³-hybridized carbons (Fsp3) is 0.533. The minimum Gasteiger partial charge on any atom is -0.493 e. The van der Waals surface area contributed by atoms with E-state index in [0.29, 0.717) is 12.3 Å². The van der Waals surface area contributed by atoms with E-state index in [1.807, 2.05) is 12.1 Å². The van der Waals surface area contributed by atoms with Gasteiger partial charge in [-0.15, -0.1) is 0 Å². The van der Waals surface area contributed by atoms with Gasteiger partial charge in [0, 0.05) is 18.4 Å². The van der Waals surface area contributed by atoms with Gasteiger partial charge < -0.3 is 15.8 Å². The van der Waals surface area contributed by atoms with Crippen LogP contribution in [0.3, 0.4) is 0 Å². The van der Waals surface area contributed by atoms with Crippen LogP contribution in [0.1, 0.15) is 29.9 Å². The first-order chi connectivity index (χ1) is 9.25. The number of amides is 1. The lowest BCUT2D eigenvalue weighted by Crippen LogP contribution is -2.23. The van der Waals surface area contributed by atoms with Crippen LogP contribution in [-0.2, 0) is 11.2 Å². The second-order valence-corrected chi connectivity index (χ2v) is 5.45. The SMILES string of the molecule is NC(=O)CC(c1cccc2c1CCO2)C1CCNC1. The van der Waals surface area contributed by atoms with Crippen molar-refractivity contribution >= 4 is 5.91 Å². The number of carbonyl (C=O) groups is 1. The molecule has 102 valence electrons. The fourth-order valence-corrected chi connectivity index (χ4v) is 3.36. The predicted molar refractivity (Wildman–Crippen MR) is 73.2 cm³/mol. The first-order valence-electron chi connectivity index (χ1n) is 6.99. The lowest BCUT2D eigenvalue weighted by molar-refractivity contribution is -0.118. The molecule has 2 heterocycles. The van der Waals surface area contributed by atoms with Crippen molar-refractivity contribution in [3.63, 3.8) is 0 Å². The molecule has 2 aliphatic rings. The molecule has 1 aromatic carbocycles. The third-order valence-corrected chi connectivity index (χ3v) is 4.27. The molecular weight excluding hydrogens is 240 g/mol. The highest BCUT2D eigenvalue weighted by molar-refractivity contribution is 5.75. The van der Waals surface area contributed by atoms with Gasteiger partial charge in [0.2, 0.25) is 5.91 Å². The smallest absolute Gasteiger partial charge is 0.218 e. The molecule has 4 heteroatoms. The van der Waals surface area contributed by atoms with Crippen molar-refractivity contribution in [2.24, 2.45) is 11.7 Å². The van der Waals surface area contributed by atoms with Gasteiger partial charge in [0.1, 0.15) is 5.75 Å². The number of nitrogens with one attached hydrogen (secondary N) is 1. The van der Waals surface area contributed by atoms with Crippen LogP contribution < -0.4 is 15.8 Å². The first kappa shape index (κ1) is 12.5. The highest BCUT2D eigenvalue weighted by Crippen LogP contribution is 2.39. The molecule has 19 heavy (non-hydrogen) atoms. The molecule has 1 aromatic rings. The van der Waals surface area contributed by atoms with Crippen LogP contribution in [0.5, 0.6) is 5.75 Å². The minimum atomic E-state index is -0.214. The lowest BCUT2D eigenvalue weighted by Gasteiger charge is -2.24. The Morgan fingerprint density at radius 1 is 1.53 bits per heavy atom. The molecule has 3 N–H and O–H groups in total. The maximum atomic E-state index is 11.4. The second-order valence-electron chi connectivity index (χ2n) is 5.45. The van der Waals surface area contributed by atoms with Gasteiger partial charge in [-0.1, -0.05) is 12.1 Å². The molecule has 4 nitrogen and oxygen atoms in total. The van der Waals surface area contributed by atoms with Gasteiger partial charge >= 0.3 is 0 Å². The number of hydrogen-bond acceptors (Lipinski definition) is 3. The Hall–Kier alpha value is -1.55. The number of fused-ring (bicyclic) bond motifs is 1. The van der Waals surface area contributed by atoms with Gasteiger partial charge in [0.15, 0.2) is 0 Å². The molecule has 0 aromatic heterocycles. The average molecular weight is 260 g/mol. The molecule has 2 atom stereocenters. The largest absolute Gasteiger partial charge is 0.493 e. The van der Waals surface area contributed by atoms with E-state index in [1.54, 1.807) is 0 Å². The first-order valence-corrected chi connectivity index (χ1v) is 6.99. The Labute approximate surface area is 113 Å². The third kappa shape index (κ3) is 2.45. The maximum Gasteiger partial charge on any atom is 0.218 e. The summed E-state index contributed by atoms with van der Waals surface area (Å²) in [7, 11) is 0. The lowest BCUT2D eigenvalue weighted by atomic mass is 9.80. The monoisotopic (exact) mass is 260 g/mol. The molecule has 1 amide bonds. The van der Waals surface area contributed by atoms with E-state index in [4.69, 9.17) is 10.5 Å². The number of nitrogens with two attached hydrogens (primary N) is 1. The number of ether oxygens (including phenoxy) is 1. The topological polar surface area (TPSA) is 64.4 Å². The van der Waals surface area contributed by atoms with Crippen molar-refractivity contribution in [2.45, 2.75) is 25.2 Å². The molecule has 2 unspecified atom stereocenters. The number of benzene rings is 1. The van der Waals surface area contributed by atoms with E-state index < -0.39 is 0 Å². The molecule has 2 aliphatic heterocycles. The van der Waals surface area contributed by atoms with E-state index in [0.717, 1.165) is 38.3 Å². The van der Waals surface area contributed by atoms with Crippen molar-refractivity contribution in [3.05, 3.63) is 29.3 Å². The Kier molecular flexibility index (Phi) is 3.42. The number of primary amides is 1. The quantitative estimate of drug-likeness (QED) is 0.854. The van der Waals surface area contributed by atoms with E-state index in [9.17, 15) is 4.79 Å². The Balaban J connectivity index is 1.94. The van der Waals surface area contributed by atoms with Crippen LogP contribution in [0.15, 0.2) is 18.2 Å². The zero-order valence-electron chi connectivity index (χ0n) is 11.0. The molecular formula is C15H20N2O2. The molecule has 0 saturated carbocycles. The van der Waals surface area contributed by atoms with Gasteiger partial charge in [-0.3, -0.25) is 4.79 Å². The predicted octanol–water partition coefficient (Wildman–Crippen LogP) is 1.19. The summed E-state index contributed by atoms with van der Waals surface area (Å²) in [6.45, 7) is 2.76. The molecule has 1 saturated heterocycles. The summed E-state index contributed by atoms with van der Waals surface area (Å²) in [6, 6.07) is 6.18. The van der Waals surface area contributed by atoms with E-state index in [-0.39, 0.29) is 11.8 Å². The van der Waals surface area contributed by atoms with E-state index >= 15 is 0 Å². The zero-order chi connectivity index (χ0) is 13.2. The Morgan fingerprint density at radius 3 is 3.16 bits per heavy atom. The highest BCUT2D eigenvalue weighted by Gasteiger charge is 2.30. The average Bonchev–Trinajstić information content (AvgIpc) is 3.05. The highest BCUT2D eigenvalue weighted by atomic mass is 16.5. The standard InChI is InChI=1S/C15H20N2O2/c16-15(18)8-13(10-4-6-17-9-10)11-2-1-3-14-12(11)5-7-19-14/h1-3,10,13,17H,4-9H2,(H2,16,18). The van der Waals surface area contributed by atoms with Crippen LogP contribution in [0.2, 0.25) is 0 Å². The van der Waals surface area contributed by atoms with Crippen molar-refractivity contribution in [3.8, 4) is 5.75 Å². The summed E-state index contributed by atoms with van der Waals surface area (Å²) < 4.78 is 5.63. The minimum absolute atomic E-state index is 0.214. The number of hydrogen-bond donors (Lipinski definition) is 2. The van der Waals surface area contributed by atoms with Crippen LogP contribution in [-0.4, -0.2) is 25.6 Å². The van der Waals surface area contributed by atoms with Gasteiger partial charge in [-0.2, -0.15) is 0 Å². The maximum absolute atomic E-state index is 11.4. The van der Waals surface area contributed by atoms with Crippen molar-refractivity contribution < 1.29 is 9.53 Å². The summed E-state index contributed by atoms with van der Waals surface area (Å²) in [5, 5.41) is 3.38. The Morgan fingerprint density at radius 2 is 2.42 bits per heavy atom. The van der Waals surface area contributed by atoms with Crippen molar-refractivity contribution in [2.75, 3.05) is 19.7 Å². The fourth-order valence-electron chi connectivity index (χ4n) is 3.36. The molecule has 0 radical (unpaired) electrons. The molecule has 1 fully saturated rings. The third-order valence-electron chi connectivity index (χ3n) is 4.27. The summed E-state index contributed by atoms with van der Waals surface area (Å²) >= 11 is 0. The van der Waals surface area contributed by atoms with Crippen LogP contribution in [0, 0.1) is 5.92 Å². The van der Waals surface area contributed by atoms with E-state index in [2.05, 4.69) is 11.4 Å². The van der Waals surface area contributed by atoms with Crippen molar-refractivity contribution in [1.82, 2.24) is 5.32 Å². The molecule has 3 rings (SSSR count). The summed E-state index contributed by atoms with van der Waals surface area (Å²) in [5.74, 6) is 1.50. The Bertz CT molecular complexity index is 481.